The number of hydrogen-bond donors (Lipinski definition) is 4. The lowest BCUT2D eigenvalue weighted by Gasteiger charge is -2.12. The summed E-state index contributed by atoms with van der Waals surface area (Å²) in [6.45, 7) is 0.310. The second-order valence-electron chi connectivity index (χ2n) is 8.47. The van der Waals surface area contributed by atoms with E-state index in [1.165, 1.54) is 6.07 Å². The Morgan fingerprint density at radius 1 is 0.872 bits per heavy atom. The first-order chi connectivity index (χ1) is 17.8. The van der Waals surface area contributed by atoms with Gasteiger partial charge in [-0.3, -0.25) is 19.9 Å². The fourth-order valence-corrected chi connectivity index (χ4v) is 5.36. The van der Waals surface area contributed by atoms with Gasteiger partial charge >= 0.3 is 0 Å². The van der Waals surface area contributed by atoms with Crippen LogP contribution < -0.4 is 15.8 Å². The number of fused-ring (bicyclic) bond motifs is 2. The second kappa shape index (κ2) is 12.1. The van der Waals surface area contributed by atoms with Gasteiger partial charge in [0.25, 0.3) is 15.9 Å². The molecule has 0 aliphatic heterocycles. The Hall–Kier alpha value is -4.18. The third kappa shape index (κ3) is 6.28. The molecule has 1 heterocycles. The minimum Gasteiger partial charge on any atom is -0.384 e. The molecule has 0 aliphatic carbocycles. The van der Waals surface area contributed by atoms with Crippen LogP contribution in [0.4, 0.5) is 5.69 Å². The van der Waals surface area contributed by atoms with Crippen molar-refractivity contribution in [3.8, 4) is 0 Å². The van der Waals surface area contributed by atoms with Crippen LogP contribution in [0.3, 0.4) is 0 Å². The van der Waals surface area contributed by atoms with E-state index in [9.17, 15) is 13.2 Å². The van der Waals surface area contributed by atoms with Gasteiger partial charge in [-0.25, -0.2) is 8.42 Å². The highest BCUT2D eigenvalue weighted by molar-refractivity contribution is 7.93. The van der Waals surface area contributed by atoms with Crippen LogP contribution >= 0.6 is 24.8 Å². The molecule has 0 atom stereocenters. The van der Waals surface area contributed by atoms with E-state index < -0.39 is 10.0 Å². The maximum Gasteiger partial charge on any atom is 0.264 e. The number of halogens is 2. The number of amidine groups is 1. The number of nitrogen functional groups attached to an aromatic ring is 1. The number of aromatic nitrogens is 1. The highest BCUT2D eigenvalue weighted by atomic mass is 35.5. The number of nitrogens with two attached hydrogens (primary N) is 1. The quantitative estimate of drug-likeness (QED) is 0.154. The maximum atomic E-state index is 13.2. The van der Waals surface area contributed by atoms with Crippen molar-refractivity contribution in [3.63, 3.8) is 0 Å². The first kappa shape index (κ1) is 29.4. The van der Waals surface area contributed by atoms with E-state index in [1.807, 2.05) is 30.3 Å². The molecule has 5 rings (SSSR count). The summed E-state index contributed by atoms with van der Waals surface area (Å²) in [4.78, 5) is 17.3. The predicted molar refractivity (Wildman–Crippen MR) is 160 cm³/mol. The van der Waals surface area contributed by atoms with Gasteiger partial charge in [-0.15, -0.1) is 24.8 Å². The van der Waals surface area contributed by atoms with Crippen molar-refractivity contribution in [3.05, 3.63) is 114 Å². The van der Waals surface area contributed by atoms with Gasteiger partial charge < -0.3 is 11.1 Å². The molecule has 0 aliphatic rings. The van der Waals surface area contributed by atoms with Crippen molar-refractivity contribution >= 4 is 73.9 Å². The molecule has 0 saturated heterocycles. The third-order valence-electron chi connectivity index (χ3n) is 5.98. The number of pyridine rings is 1. The van der Waals surface area contributed by atoms with E-state index in [1.54, 1.807) is 60.8 Å². The van der Waals surface area contributed by atoms with Crippen LogP contribution in [-0.2, 0) is 16.6 Å². The number of nitrogens with zero attached hydrogens (tertiary/aromatic N) is 1. The number of anilines is 1. The van der Waals surface area contributed by atoms with Crippen molar-refractivity contribution in [2.45, 2.75) is 11.4 Å². The molecule has 5 aromatic rings. The van der Waals surface area contributed by atoms with Gasteiger partial charge in [0.05, 0.1) is 5.52 Å². The van der Waals surface area contributed by atoms with Crippen molar-refractivity contribution in [1.82, 2.24) is 10.3 Å². The summed E-state index contributed by atoms with van der Waals surface area (Å²) in [5.74, 6) is -0.266. The van der Waals surface area contributed by atoms with Crippen LogP contribution in [0, 0.1) is 5.41 Å². The van der Waals surface area contributed by atoms with Crippen LogP contribution in [0.25, 0.3) is 21.7 Å². The first-order valence-electron chi connectivity index (χ1n) is 11.4. The maximum absolute atomic E-state index is 13.2. The Morgan fingerprint density at radius 2 is 1.56 bits per heavy atom. The number of amides is 1. The van der Waals surface area contributed by atoms with Gasteiger partial charge in [0.2, 0.25) is 0 Å². The highest BCUT2D eigenvalue weighted by Gasteiger charge is 2.19. The van der Waals surface area contributed by atoms with Gasteiger partial charge in [-0.2, -0.15) is 0 Å². The van der Waals surface area contributed by atoms with Crippen molar-refractivity contribution in [2.75, 3.05) is 4.72 Å². The van der Waals surface area contributed by atoms with E-state index >= 15 is 0 Å². The van der Waals surface area contributed by atoms with Gasteiger partial charge in [-0.05, 0) is 46.7 Å². The number of carbonyl (C=O) groups excluding carboxylic acids is 1. The summed E-state index contributed by atoms with van der Waals surface area (Å²) in [7, 11) is -3.90. The Kier molecular flexibility index (Phi) is 9.13. The lowest BCUT2D eigenvalue weighted by molar-refractivity contribution is 0.0952. The molecule has 0 saturated carbocycles. The molecule has 1 aromatic heterocycles. The van der Waals surface area contributed by atoms with Gasteiger partial charge in [-0.1, -0.05) is 60.7 Å². The van der Waals surface area contributed by atoms with Crippen LogP contribution in [0.5, 0.6) is 0 Å². The molecule has 5 N–H and O–H groups in total. The minimum atomic E-state index is -3.90. The SMILES string of the molecule is Cl.Cl.N=C(N)c1ccc(CNC(=O)c2cccc3cc(NS(=O)(=O)c4cccc5cccnc45)ccc23)cc1. The number of nitrogens with one attached hydrogen (secondary N) is 3. The molecule has 0 unspecified atom stereocenters. The molecule has 0 fully saturated rings. The Labute approximate surface area is 238 Å². The van der Waals surface area contributed by atoms with Crippen LogP contribution in [-0.4, -0.2) is 25.1 Å². The number of carbonyl (C=O) groups is 1. The van der Waals surface area contributed by atoms with Crippen molar-refractivity contribution < 1.29 is 13.2 Å². The number of para-hydroxylation sites is 1. The largest absolute Gasteiger partial charge is 0.384 e. The number of rotatable bonds is 7. The Morgan fingerprint density at radius 3 is 2.31 bits per heavy atom. The monoisotopic (exact) mass is 581 g/mol. The molecule has 11 heteroatoms. The number of hydrogen-bond acceptors (Lipinski definition) is 5. The van der Waals surface area contributed by atoms with E-state index in [-0.39, 0.29) is 41.5 Å². The molecule has 0 spiro atoms. The zero-order valence-electron chi connectivity index (χ0n) is 20.4. The lowest BCUT2D eigenvalue weighted by Crippen LogP contribution is -2.23. The fraction of sp³-hybridized carbons (Fsp3) is 0.0357. The molecular weight excluding hydrogens is 557 g/mol. The normalized spacial score (nSPS) is 10.8. The van der Waals surface area contributed by atoms with E-state index in [2.05, 4.69) is 15.0 Å². The van der Waals surface area contributed by atoms with E-state index in [0.717, 1.165) is 16.3 Å². The van der Waals surface area contributed by atoms with Gasteiger partial charge in [0, 0.05) is 34.9 Å². The molecule has 200 valence electrons. The van der Waals surface area contributed by atoms with Crippen LogP contribution in [0.2, 0.25) is 0 Å². The van der Waals surface area contributed by atoms with Crippen molar-refractivity contribution in [2.24, 2.45) is 5.73 Å². The topological polar surface area (TPSA) is 138 Å². The molecular formula is C28H25Cl2N5O3S. The van der Waals surface area contributed by atoms with E-state index in [0.29, 0.717) is 34.3 Å². The zero-order valence-corrected chi connectivity index (χ0v) is 22.9. The third-order valence-corrected chi connectivity index (χ3v) is 7.39. The summed E-state index contributed by atoms with van der Waals surface area (Å²) < 4.78 is 29.0. The standard InChI is InChI=1S/C28H23N5O3S.2ClH/c29-27(30)20-11-9-18(10-12-20)17-32-28(34)24-7-1-5-21-16-22(13-14-23(21)24)33-37(35,36)25-8-2-4-19-6-3-15-31-26(19)25;;/h1-16,33H,17H2,(H3,29,30)(H,32,34);2*1H. The number of sulfonamides is 1. The minimum absolute atomic E-state index is 0. The summed E-state index contributed by atoms with van der Waals surface area (Å²) in [5.41, 5.74) is 8.23. The fourth-order valence-electron chi connectivity index (χ4n) is 4.13. The van der Waals surface area contributed by atoms with E-state index in [4.69, 9.17) is 11.1 Å². The summed E-state index contributed by atoms with van der Waals surface area (Å²) >= 11 is 0. The van der Waals surface area contributed by atoms with Crippen LogP contribution in [0.1, 0.15) is 21.5 Å². The molecule has 4 aromatic carbocycles. The highest BCUT2D eigenvalue weighted by Crippen LogP contribution is 2.27. The summed E-state index contributed by atoms with van der Waals surface area (Å²) in [6, 6.07) is 26.0. The Balaban J connectivity index is 0.00000210. The predicted octanol–water partition coefficient (Wildman–Crippen LogP) is 5.25. The zero-order chi connectivity index (χ0) is 26.0. The van der Waals surface area contributed by atoms with Crippen molar-refractivity contribution in [1.29, 1.82) is 5.41 Å². The smallest absolute Gasteiger partial charge is 0.264 e. The molecule has 39 heavy (non-hydrogen) atoms. The molecule has 0 bridgehead atoms. The Bertz CT molecular complexity index is 1770. The van der Waals surface area contributed by atoms with Gasteiger partial charge in [0.1, 0.15) is 10.7 Å². The summed E-state index contributed by atoms with van der Waals surface area (Å²) in [5, 5.41) is 12.5. The second-order valence-corrected chi connectivity index (χ2v) is 10.1. The average molecular weight is 583 g/mol. The molecule has 8 nitrogen and oxygen atoms in total. The van der Waals surface area contributed by atoms with Gasteiger partial charge in [0.15, 0.2) is 0 Å². The first-order valence-corrected chi connectivity index (χ1v) is 12.9. The summed E-state index contributed by atoms with van der Waals surface area (Å²) in [6.07, 6.45) is 1.56. The number of benzene rings is 4. The lowest BCUT2D eigenvalue weighted by atomic mass is 10.0. The average Bonchev–Trinajstić information content (AvgIpc) is 2.91. The van der Waals surface area contributed by atoms with Crippen LogP contribution in [0.15, 0.2) is 102 Å². The molecule has 0 radical (unpaired) electrons. The molecule has 1 amide bonds.